The van der Waals surface area contributed by atoms with Gasteiger partial charge in [0.2, 0.25) is 0 Å². The van der Waals surface area contributed by atoms with Crippen LogP contribution in [-0.4, -0.2) is 28.4 Å². The number of nitrogens with zero attached hydrogens (tertiary/aromatic N) is 1. The van der Waals surface area contributed by atoms with Gasteiger partial charge in [0.05, 0.1) is 0 Å². The molecule has 0 bridgehead atoms. The first-order valence-electron chi connectivity index (χ1n) is 7.12. The second-order valence-electron chi connectivity index (χ2n) is 5.26. The molecule has 1 N–H and O–H groups in total. The van der Waals surface area contributed by atoms with Crippen LogP contribution in [0.2, 0.25) is 5.15 Å². The highest BCUT2D eigenvalue weighted by Gasteiger charge is 2.25. The Hall–Kier alpha value is -0.740. The van der Waals surface area contributed by atoms with Crippen LogP contribution >= 0.6 is 23.4 Å². The van der Waals surface area contributed by atoms with Crippen molar-refractivity contribution in [3.63, 3.8) is 0 Å². The smallest absolute Gasteiger partial charge is 0.251 e. The topological polar surface area (TPSA) is 42.0 Å². The van der Waals surface area contributed by atoms with Crippen LogP contribution in [0.4, 0.5) is 0 Å². The molecule has 3 nitrogen and oxygen atoms in total. The average Bonchev–Trinajstić information content (AvgIpc) is 2.86. The Morgan fingerprint density at radius 1 is 1.50 bits per heavy atom. The van der Waals surface area contributed by atoms with Crippen LogP contribution in [0.25, 0.3) is 0 Å². The van der Waals surface area contributed by atoms with Gasteiger partial charge in [0.1, 0.15) is 5.15 Å². The first-order valence-corrected chi connectivity index (χ1v) is 8.79. The summed E-state index contributed by atoms with van der Waals surface area (Å²) in [7, 11) is 0. The van der Waals surface area contributed by atoms with Crippen molar-refractivity contribution in [3.8, 4) is 0 Å². The lowest BCUT2D eigenvalue weighted by Crippen LogP contribution is -2.33. The average molecular weight is 313 g/mol. The Bertz CT molecular complexity index is 481. The van der Waals surface area contributed by atoms with Crippen molar-refractivity contribution in [2.75, 3.05) is 6.26 Å². The zero-order chi connectivity index (χ0) is 14.5. The van der Waals surface area contributed by atoms with E-state index < -0.39 is 0 Å². The van der Waals surface area contributed by atoms with Gasteiger partial charge in [-0.2, -0.15) is 11.8 Å². The maximum absolute atomic E-state index is 12.3. The number of nitrogens with one attached hydrogen (secondary N) is 1. The minimum atomic E-state index is -0.0293. The molecule has 1 aromatic rings. The lowest BCUT2D eigenvalue weighted by molar-refractivity contribution is 0.0937. The molecule has 0 radical (unpaired) electrons. The van der Waals surface area contributed by atoms with Crippen LogP contribution in [0.1, 0.15) is 48.7 Å². The molecule has 0 saturated heterocycles. The predicted octanol–water partition coefficient (Wildman–Crippen LogP) is 3.70. The minimum absolute atomic E-state index is 0.0293. The number of amides is 1. The highest BCUT2D eigenvalue weighted by molar-refractivity contribution is 7.99. The van der Waals surface area contributed by atoms with E-state index in [0.717, 1.165) is 31.4 Å². The standard InChI is InChI=1S/C15H21ClN2OS/c1-3-4-11-7-10(8-14(16)17-11)15(19)18-12-5-6-13(9-12)20-2/h7-8,12-13H,3-6,9H2,1-2H3,(H,18,19). The van der Waals surface area contributed by atoms with Crippen LogP contribution in [-0.2, 0) is 6.42 Å². The van der Waals surface area contributed by atoms with Gasteiger partial charge in [-0.25, -0.2) is 4.98 Å². The van der Waals surface area contributed by atoms with Crippen molar-refractivity contribution in [1.82, 2.24) is 10.3 Å². The molecule has 0 aliphatic heterocycles. The SMILES string of the molecule is CCCc1cc(C(=O)NC2CCC(SC)C2)cc(Cl)n1. The van der Waals surface area contributed by atoms with E-state index in [1.165, 1.54) is 6.42 Å². The van der Waals surface area contributed by atoms with Crippen LogP contribution in [0.3, 0.4) is 0 Å². The van der Waals surface area contributed by atoms with E-state index >= 15 is 0 Å². The van der Waals surface area contributed by atoms with Crippen LogP contribution in [0.15, 0.2) is 12.1 Å². The van der Waals surface area contributed by atoms with Gasteiger partial charge in [0.25, 0.3) is 5.91 Å². The molecule has 1 aromatic heterocycles. The van der Waals surface area contributed by atoms with Crippen molar-refractivity contribution in [1.29, 1.82) is 0 Å². The Kier molecular flexibility index (Phi) is 5.73. The normalized spacial score (nSPS) is 21.9. The number of hydrogen-bond donors (Lipinski definition) is 1. The van der Waals surface area contributed by atoms with Crippen molar-refractivity contribution in [3.05, 3.63) is 28.5 Å². The number of hydrogen-bond acceptors (Lipinski definition) is 3. The molecule has 2 atom stereocenters. The van der Waals surface area contributed by atoms with Gasteiger partial charge < -0.3 is 5.32 Å². The molecule has 0 spiro atoms. The molecule has 20 heavy (non-hydrogen) atoms. The quantitative estimate of drug-likeness (QED) is 0.843. The molecule has 1 saturated carbocycles. The van der Waals surface area contributed by atoms with E-state index in [1.54, 1.807) is 6.07 Å². The fourth-order valence-corrected chi connectivity index (χ4v) is 3.64. The molecule has 1 fully saturated rings. The summed E-state index contributed by atoms with van der Waals surface area (Å²) in [6.45, 7) is 2.09. The Morgan fingerprint density at radius 3 is 2.95 bits per heavy atom. The third-order valence-corrected chi connectivity index (χ3v) is 4.96. The molecule has 1 aliphatic carbocycles. The summed E-state index contributed by atoms with van der Waals surface area (Å²) in [6.07, 6.45) is 7.29. The van der Waals surface area contributed by atoms with Crippen LogP contribution < -0.4 is 5.32 Å². The number of aryl methyl sites for hydroxylation is 1. The van der Waals surface area contributed by atoms with Crippen LogP contribution in [0.5, 0.6) is 0 Å². The van der Waals surface area contributed by atoms with Crippen molar-refractivity contribution in [2.45, 2.75) is 50.3 Å². The van der Waals surface area contributed by atoms with E-state index in [2.05, 4.69) is 23.5 Å². The van der Waals surface area contributed by atoms with E-state index in [0.29, 0.717) is 22.0 Å². The lowest BCUT2D eigenvalue weighted by Gasteiger charge is -2.13. The van der Waals surface area contributed by atoms with Gasteiger partial charge in [-0.05, 0) is 44.1 Å². The maximum Gasteiger partial charge on any atom is 0.251 e. The lowest BCUT2D eigenvalue weighted by atomic mass is 10.1. The van der Waals surface area contributed by atoms with E-state index in [1.807, 2.05) is 17.8 Å². The zero-order valence-corrected chi connectivity index (χ0v) is 13.6. The highest BCUT2D eigenvalue weighted by atomic mass is 35.5. The summed E-state index contributed by atoms with van der Waals surface area (Å²) in [6, 6.07) is 3.80. The van der Waals surface area contributed by atoms with Gasteiger partial charge in [-0.3, -0.25) is 4.79 Å². The van der Waals surface area contributed by atoms with E-state index in [9.17, 15) is 4.79 Å². The predicted molar refractivity (Wildman–Crippen MR) is 85.7 cm³/mol. The van der Waals surface area contributed by atoms with Crippen molar-refractivity contribution >= 4 is 29.3 Å². The number of carbonyl (C=O) groups is 1. The van der Waals surface area contributed by atoms with Gasteiger partial charge in [0.15, 0.2) is 0 Å². The summed E-state index contributed by atoms with van der Waals surface area (Å²) >= 11 is 7.89. The summed E-state index contributed by atoms with van der Waals surface area (Å²) in [5, 5.41) is 4.19. The summed E-state index contributed by atoms with van der Waals surface area (Å²) in [5.74, 6) is -0.0293. The van der Waals surface area contributed by atoms with Crippen LogP contribution in [0, 0.1) is 0 Å². The largest absolute Gasteiger partial charge is 0.349 e. The molecule has 0 aromatic carbocycles. The number of halogens is 1. The third kappa shape index (κ3) is 4.13. The molecular formula is C15H21ClN2OS. The highest BCUT2D eigenvalue weighted by Crippen LogP contribution is 2.28. The molecule has 2 rings (SSSR count). The number of aromatic nitrogens is 1. The molecule has 110 valence electrons. The second kappa shape index (κ2) is 7.32. The fraction of sp³-hybridized carbons (Fsp3) is 0.600. The first kappa shape index (κ1) is 15.6. The third-order valence-electron chi connectivity index (χ3n) is 3.67. The molecule has 2 unspecified atom stereocenters. The molecular weight excluding hydrogens is 292 g/mol. The fourth-order valence-electron chi connectivity index (χ4n) is 2.62. The van der Waals surface area contributed by atoms with Crippen molar-refractivity contribution < 1.29 is 4.79 Å². The molecule has 5 heteroatoms. The summed E-state index contributed by atoms with van der Waals surface area (Å²) in [5.41, 5.74) is 1.51. The second-order valence-corrected chi connectivity index (χ2v) is 6.79. The Balaban J connectivity index is 2.02. The summed E-state index contributed by atoms with van der Waals surface area (Å²) in [4.78, 5) is 16.5. The maximum atomic E-state index is 12.3. The Morgan fingerprint density at radius 2 is 2.30 bits per heavy atom. The number of pyridine rings is 1. The van der Waals surface area contributed by atoms with Gasteiger partial charge in [-0.1, -0.05) is 24.9 Å². The first-order chi connectivity index (χ1) is 9.62. The number of rotatable bonds is 5. The Labute approximate surface area is 129 Å². The van der Waals surface area contributed by atoms with Crippen molar-refractivity contribution in [2.24, 2.45) is 0 Å². The number of thioether (sulfide) groups is 1. The zero-order valence-electron chi connectivity index (χ0n) is 12.0. The minimum Gasteiger partial charge on any atom is -0.349 e. The van der Waals surface area contributed by atoms with Gasteiger partial charge in [0, 0.05) is 22.5 Å². The molecule has 1 amide bonds. The van der Waals surface area contributed by atoms with E-state index in [-0.39, 0.29) is 5.91 Å². The molecule has 1 heterocycles. The molecule has 1 aliphatic rings. The monoisotopic (exact) mass is 312 g/mol. The van der Waals surface area contributed by atoms with E-state index in [4.69, 9.17) is 11.6 Å². The summed E-state index contributed by atoms with van der Waals surface area (Å²) < 4.78 is 0. The number of carbonyl (C=O) groups excluding carboxylic acids is 1. The van der Waals surface area contributed by atoms with Gasteiger partial charge >= 0.3 is 0 Å². The van der Waals surface area contributed by atoms with Gasteiger partial charge in [-0.15, -0.1) is 0 Å².